The highest BCUT2D eigenvalue weighted by atomic mass is 16.5. The second-order valence-corrected chi connectivity index (χ2v) is 20.6. The molecular weight excluding hydrogens is 765 g/mol. The van der Waals surface area contributed by atoms with Gasteiger partial charge in [0.1, 0.15) is 0 Å². The maximum absolute atomic E-state index is 14.1. The topological polar surface area (TPSA) is 163 Å². The van der Waals surface area contributed by atoms with E-state index < -0.39 is 34.2 Å². The number of hydrogen-bond donors (Lipinski definition) is 4. The van der Waals surface area contributed by atoms with Gasteiger partial charge in [-0.05, 0) is 133 Å². The second kappa shape index (κ2) is 24.9. The number of hydrogen-bond acceptors (Lipinski definition) is 12. The van der Waals surface area contributed by atoms with Crippen molar-refractivity contribution in [3.05, 3.63) is 11.4 Å². The van der Waals surface area contributed by atoms with Crippen LogP contribution in [0.4, 0.5) is 11.6 Å². The van der Waals surface area contributed by atoms with Gasteiger partial charge < -0.3 is 49.7 Å². The Labute approximate surface area is 364 Å². The van der Waals surface area contributed by atoms with E-state index in [1.165, 1.54) is 0 Å². The smallest absolute Gasteiger partial charge is 0.273 e. The molecule has 0 aromatic carbocycles. The molecule has 0 saturated heterocycles. The molecule has 0 aliphatic heterocycles. The fraction of sp³-hybridized carbons (Fsp3) is 0.870. The summed E-state index contributed by atoms with van der Waals surface area (Å²) in [6, 6.07) is 0. The predicted molar refractivity (Wildman–Crippen MR) is 243 cm³/mol. The van der Waals surface area contributed by atoms with Crippen LogP contribution < -0.4 is 21.3 Å². The highest BCUT2D eigenvalue weighted by molar-refractivity contribution is 6.01. The van der Waals surface area contributed by atoms with Gasteiger partial charge in [0.25, 0.3) is 11.8 Å². The van der Waals surface area contributed by atoms with Crippen LogP contribution in [0.3, 0.4) is 0 Å². The van der Waals surface area contributed by atoms with Crippen molar-refractivity contribution in [2.75, 3.05) is 77.5 Å². The van der Waals surface area contributed by atoms with E-state index in [0.717, 1.165) is 19.3 Å². The molecule has 2 amide bonds. The van der Waals surface area contributed by atoms with E-state index in [4.69, 9.17) is 38.4 Å². The van der Waals surface area contributed by atoms with Gasteiger partial charge in [-0.15, -0.1) is 0 Å². The van der Waals surface area contributed by atoms with E-state index >= 15 is 0 Å². The SMILES string of the molecule is COC(C)(C)CCOC(C)(C)CCNc1nc(C(=O)NCC(C)(C)OCCC(C)C)c(NCCC(C)(C)OCCC(C)C)nc1C(=O)NCC(C)(C)OCCC(C)(C)OC. The number of nitrogens with one attached hydrogen (secondary N) is 4. The fourth-order valence-corrected chi connectivity index (χ4v) is 5.45. The van der Waals surface area contributed by atoms with Crippen molar-refractivity contribution in [3.8, 4) is 0 Å². The van der Waals surface area contributed by atoms with Gasteiger partial charge in [-0.25, -0.2) is 9.97 Å². The number of carbonyl (C=O) groups excluding carboxylic acids is 2. The first kappa shape index (κ1) is 55.4. The fourth-order valence-electron chi connectivity index (χ4n) is 5.45. The van der Waals surface area contributed by atoms with Crippen LogP contribution in [0.15, 0.2) is 0 Å². The van der Waals surface area contributed by atoms with E-state index in [9.17, 15) is 9.59 Å². The van der Waals surface area contributed by atoms with Crippen LogP contribution in [0, 0.1) is 11.8 Å². The number of carbonyl (C=O) groups is 2. The highest BCUT2D eigenvalue weighted by Gasteiger charge is 2.29. The predicted octanol–water partition coefficient (Wildman–Crippen LogP) is 8.44. The molecule has 0 bridgehead atoms. The quantitative estimate of drug-likeness (QED) is 0.0548. The van der Waals surface area contributed by atoms with Gasteiger partial charge in [0.15, 0.2) is 23.0 Å². The molecule has 14 nitrogen and oxygen atoms in total. The Bertz CT molecular complexity index is 1430. The lowest BCUT2D eigenvalue weighted by Gasteiger charge is -2.29. The van der Waals surface area contributed by atoms with Gasteiger partial charge in [0.05, 0.1) is 46.8 Å². The third kappa shape index (κ3) is 23.6. The Morgan fingerprint density at radius 2 is 0.800 bits per heavy atom. The summed E-state index contributed by atoms with van der Waals surface area (Å²) in [5, 5.41) is 12.7. The molecule has 0 saturated carbocycles. The molecular formula is C46H88N6O8. The number of aromatic nitrogens is 2. The van der Waals surface area contributed by atoms with E-state index in [1.807, 2.05) is 83.1 Å². The molecule has 0 unspecified atom stereocenters. The molecule has 1 aromatic rings. The number of ether oxygens (including phenoxy) is 6. The molecule has 0 atom stereocenters. The zero-order chi connectivity index (χ0) is 46.0. The maximum Gasteiger partial charge on any atom is 0.273 e. The van der Waals surface area contributed by atoms with Gasteiger partial charge in [0.2, 0.25) is 0 Å². The number of methoxy groups -OCH3 is 2. The molecule has 0 spiro atoms. The summed E-state index contributed by atoms with van der Waals surface area (Å²) in [6.07, 6.45) is 4.48. The Kier molecular flexibility index (Phi) is 23.0. The molecule has 0 aliphatic rings. The maximum atomic E-state index is 14.1. The van der Waals surface area contributed by atoms with Gasteiger partial charge >= 0.3 is 0 Å². The lowest BCUT2D eigenvalue weighted by Crippen LogP contribution is -2.42. The van der Waals surface area contributed by atoms with Gasteiger partial charge in [0, 0.05) is 53.6 Å². The number of nitrogens with zero attached hydrogens (tertiary/aromatic N) is 2. The Morgan fingerprint density at radius 3 is 1.13 bits per heavy atom. The molecule has 0 radical (unpaired) electrons. The van der Waals surface area contributed by atoms with E-state index in [2.05, 4.69) is 49.0 Å². The summed E-state index contributed by atoms with van der Waals surface area (Å²) < 4.78 is 35.9. The van der Waals surface area contributed by atoms with Crippen LogP contribution in [-0.4, -0.2) is 122 Å². The zero-order valence-electron chi connectivity index (χ0n) is 41.2. The van der Waals surface area contributed by atoms with Crippen LogP contribution in [-0.2, 0) is 28.4 Å². The lowest BCUT2D eigenvalue weighted by molar-refractivity contribution is -0.0597. The van der Waals surface area contributed by atoms with Crippen LogP contribution in [0.25, 0.3) is 0 Å². The molecule has 60 heavy (non-hydrogen) atoms. The first-order valence-corrected chi connectivity index (χ1v) is 22.2. The molecule has 0 aliphatic carbocycles. The summed E-state index contributed by atoms with van der Waals surface area (Å²) >= 11 is 0. The first-order valence-electron chi connectivity index (χ1n) is 22.2. The minimum absolute atomic E-state index is 0.0516. The summed E-state index contributed by atoms with van der Waals surface area (Å²) in [5.74, 6) is 0.517. The van der Waals surface area contributed by atoms with Crippen molar-refractivity contribution < 1.29 is 38.0 Å². The molecule has 1 aromatic heterocycles. The summed E-state index contributed by atoms with van der Waals surface area (Å²) in [7, 11) is 3.38. The Balaban J connectivity index is 3.54. The van der Waals surface area contributed by atoms with Gasteiger partial charge in [-0.3, -0.25) is 9.59 Å². The average molecular weight is 853 g/mol. The third-order valence-electron chi connectivity index (χ3n) is 10.6. The zero-order valence-corrected chi connectivity index (χ0v) is 41.2. The summed E-state index contributed by atoms with van der Waals surface area (Å²) in [5.41, 5.74) is -2.77. The van der Waals surface area contributed by atoms with Gasteiger partial charge in [-0.2, -0.15) is 0 Å². The van der Waals surface area contributed by atoms with Crippen LogP contribution in [0.5, 0.6) is 0 Å². The standard InChI is InChI=1S/C46H88N6O8/c1-33(2)19-27-57-43(9,10)21-25-47-37-35(39(53)49-31-45(13,14)58-28-20-34(3)4)51-38(48-26-22-44(11,12)59-29-23-41(5,6)55-17)36(52-37)40(54)50-32-46(15,16)60-30-24-42(7,8)56-18/h33-34H,19-32H2,1-18H3,(H,47,52)(H,48,51)(H,49,53)(H,50,54). The van der Waals surface area contributed by atoms with Crippen molar-refractivity contribution >= 4 is 23.5 Å². The molecule has 350 valence electrons. The molecule has 1 heterocycles. The molecule has 14 heteroatoms. The highest BCUT2D eigenvalue weighted by Crippen LogP contribution is 2.24. The normalized spacial score (nSPS) is 13.3. The number of rotatable bonds is 32. The van der Waals surface area contributed by atoms with Crippen molar-refractivity contribution in [1.29, 1.82) is 0 Å². The van der Waals surface area contributed by atoms with Crippen molar-refractivity contribution in [1.82, 2.24) is 20.6 Å². The minimum Gasteiger partial charge on any atom is -0.379 e. The van der Waals surface area contributed by atoms with E-state index in [-0.39, 0.29) is 47.3 Å². The minimum atomic E-state index is -0.689. The summed E-state index contributed by atoms with van der Waals surface area (Å²) in [4.78, 5) is 37.9. The number of amides is 2. The van der Waals surface area contributed by atoms with E-state index in [1.54, 1.807) is 14.2 Å². The van der Waals surface area contributed by atoms with Crippen LogP contribution >= 0.6 is 0 Å². The monoisotopic (exact) mass is 853 g/mol. The van der Waals surface area contributed by atoms with Crippen molar-refractivity contribution in [2.45, 2.75) is 183 Å². The summed E-state index contributed by atoms with van der Waals surface area (Å²) in [6.45, 7) is 36.1. The average Bonchev–Trinajstić information content (AvgIpc) is 3.12. The first-order chi connectivity index (χ1) is 27.5. The van der Waals surface area contributed by atoms with E-state index in [0.29, 0.717) is 70.6 Å². The van der Waals surface area contributed by atoms with Crippen molar-refractivity contribution in [2.24, 2.45) is 11.8 Å². The van der Waals surface area contributed by atoms with Crippen molar-refractivity contribution in [3.63, 3.8) is 0 Å². The lowest BCUT2D eigenvalue weighted by atomic mass is 10.0. The third-order valence-corrected chi connectivity index (χ3v) is 10.6. The number of anilines is 2. The largest absolute Gasteiger partial charge is 0.379 e. The molecule has 1 rings (SSSR count). The van der Waals surface area contributed by atoms with Crippen LogP contribution in [0.2, 0.25) is 0 Å². The second-order valence-electron chi connectivity index (χ2n) is 20.6. The van der Waals surface area contributed by atoms with Gasteiger partial charge in [-0.1, -0.05) is 27.7 Å². The molecule has 4 N–H and O–H groups in total. The van der Waals surface area contributed by atoms with Crippen LogP contribution in [0.1, 0.15) is 170 Å². The Morgan fingerprint density at radius 1 is 0.483 bits per heavy atom. The Hall–Kier alpha value is -2.62. The molecule has 0 fully saturated rings.